The topological polar surface area (TPSA) is 60.4 Å². The third-order valence-corrected chi connectivity index (χ3v) is 13.2. The van der Waals surface area contributed by atoms with Crippen LogP contribution in [0.25, 0.3) is 22.3 Å². The van der Waals surface area contributed by atoms with Crippen LogP contribution in [0.5, 0.6) is 5.75 Å². The minimum Gasteiger partial charge on any atom is -0.376 e. The van der Waals surface area contributed by atoms with E-state index in [0.717, 1.165) is 22.3 Å². The van der Waals surface area contributed by atoms with Crippen LogP contribution in [0.1, 0.15) is 22.3 Å². The molecule has 0 bridgehead atoms. The van der Waals surface area contributed by atoms with Crippen molar-refractivity contribution in [3.05, 3.63) is 168 Å². The minimum absolute atomic E-state index is 0.250. The number of hydrogen-bond acceptors (Lipinski definition) is 4. The minimum atomic E-state index is -6.04. The van der Waals surface area contributed by atoms with Crippen LogP contribution in [0, 0.1) is 0 Å². The highest BCUT2D eigenvalue weighted by atomic mass is 32.2. The van der Waals surface area contributed by atoms with Crippen LogP contribution in [0.3, 0.4) is 0 Å². The fraction of sp³-hybridized carbons (Fsp3) is 0.0526. The van der Waals surface area contributed by atoms with Crippen LogP contribution in [-0.4, -0.2) is 13.9 Å². The van der Waals surface area contributed by atoms with Crippen molar-refractivity contribution in [1.29, 1.82) is 0 Å². The lowest BCUT2D eigenvalue weighted by Crippen LogP contribution is -2.36. The Labute approximate surface area is 269 Å². The second-order valence-corrected chi connectivity index (χ2v) is 15.8. The van der Waals surface area contributed by atoms with Gasteiger partial charge in [-0.15, -0.1) is 0 Å². The van der Waals surface area contributed by atoms with Gasteiger partial charge in [-0.05, 0) is 45.0 Å². The molecule has 47 heavy (non-hydrogen) atoms. The number of benzene rings is 6. The van der Waals surface area contributed by atoms with Crippen molar-refractivity contribution in [3.8, 4) is 28.0 Å². The smallest absolute Gasteiger partial charge is 0.376 e. The first-order valence-electron chi connectivity index (χ1n) is 14.8. The van der Waals surface area contributed by atoms with E-state index in [4.69, 9.17) is 4.18 Å². The molecule has 6 aromatic carbocycles. The van der Waals surface area contributed by atoms with E-state index in [1.807, 2.05) is 127 Å². The van der Waals surface area contributed by atoms with Gasteiger partial charge in [-0.1, -0.05) is 140 Å². The maximum atomic E-state index is 16.1. The van der Waals surface area contributed by atoms with Crippen LogP contribution >= 0.6 is 7.14 Å². The summed E-state index contributed by atoms with van der Waals surface area (Å²) in [6, 6.07) is 43.4. The van der Waals surface area contributed by atoms with Crippen molar-refractivity contribution < 1.29 is 30.3 Å². The molecule has 2 aliphatic carbocycles. The van der Waals surface area contributed by atoms with Gasteiger partial charge < -0.3 is 8.75 Å². The van der Waals surface area contributed by atoms with Crippen LogP contribution in [0.4, 0.5) is 13.2 Å². The molecule has 0 fully saturated rings. The molecule has 4 nitrogen and oxygen atoms in total. The molecule has 0 N–H and O–H groups in total. The fourth-order valence-electron chi connectivity index (χ4n) is 7.40. The zero-order chi connectivity index (χ0) is 32.6. The lowest BCUT2D eigenvalue weighted by atomic mass is 9.70. The normalized spacial score (nSPS) is 16.3. The molecule has 6 aromatic rings. The summed E-state index contributed by atoms with van der Waals surface area (Å²) in [6.45, 7) is 0. The summed E-state index contributed by atoms with van der Waals surface area (Å²) in [5.74, 6) is -0.442. The lowest BCUT2D eigenvalue weighted by molar-refractivity contribution is -0.0500. The summed E-state index contributed by atoms with van der Waals surface area (Å²) in [4.78, 5) is 0. The molecule has 0 saturated heterocycles. The van der Waals surface area contributed by atoms with E-state index in [0.29, 0.717) is 32.6 Å². The summed E-state index contributed by atoms with van der Waals surface area (Å²) in [5.41, 5.74) is -1.92. The maximum Gasteiger partial charge on any atom is 0.534 e. The molecule has 1 atom stereocenters. The predicted molar refractivity (Wildman–Crippen MR) is 178 cm³/mol. The van der Waals surface area contributed by atoms with Gasteiger partial charge in [0.15, 0.2) is 7.14 Å². The van der Waals surface area contributed by atoms with Gasteiger partial charge in [0.25, 0.3) is 0 Å². The molecule has 8 rings (SSSR count). The Morgan fingerprint density at radius 2 is 0.979 bits per heavy atom. The Morgan fingerprint density at radius 3 is 1.51 bits per heavy atom. The first-order chi connectivity index (χ1) is 22.6. The molecule has 0 aliphatic heterocycles. The fourth-order valence-corrected chi connectivity index (χ4v) is 10.8. The third-order valence-electron chi connectivity index (χ3n) is 9.12. The van der Waals surface area contributed by atoms with Crippen LogP contribution in [0.2, 0.25) is 0 Å². The molecule has 0 amide bonds. The van der Waals surface area contributed by atoms with E-state index in [-0.39, 0.29) is 5.56 Å². The molecule has 0 saturated carbocycles. The van der Waals surface area contributed by atoms with Gasteiger partial charge in [0.05, 0.1) is 5.41 Å². The van der Waals surface area contributed by atoms with E-state index in [9.17, 15) is 21.6 Å². The number of rotatable bonds is 5. The average Bonchev–Trinajstić information content (AvgIpc) is 3.56. The Kier molecular flexibility index (Phi) is 6.46. The zero-order valence-corrected chi connectivity index (χ0v) is 26.2. The van der Waals surface area contributed by atoms with E-state index in [1.165, 1.54) is 12.1 Å². The lowest BCUT2D eigenvalue weighted by Gasteiger charge is -2.34. The monoisotopic (exact) mass is 664 g/mol. The SMILES string of the molecule is O=P(c1ccccc1)(c1ccccc1)c1cccc2c1[C@]1(c3ccccc3-c3cccc(OS(=O)(=O)C(F)(F)F)c31)c1ccccc1-2. The standard InChI is InChI=1S/C38H24F3O4PS/c39-38(40,41)47(43,44)45-33-23-11-19-29-27-17-7-9-21-31(27)37(35(29)33)32-22-10-8-18-28(32)30-20-12-24-34(36(30)37)46(42,25-13-3-1-4-14-25)26-15-5-2-6-16-26/h1-24H/t37-/m1/s1. The Hall–Kier alpha value is -4.91. The number of hydrogen-bond donors (Lipinski definition) is 0. The van der Waals surface area contributed by atoms with Crippen LogP contribution in [-0.2, 0) is 20.1 Å². The highest BCUT2D eigenvalue weighted by Crippen LogP contribution is 2.66. The average molecular weight is 665 g/mol. The van der Waals surface area contributed by atoms with Gasteiger partial charge in [-0.2, -0.15) is 21.6 Å². The van der Waals surface area contributed by atoms with Gasteiger partial charge in [-0.3, -0.25) is 0 Å². The molecule has 232 valence electrons. The molecule has 9 heteroatoms. The largest absolute Gasteiger partial charge is 0.534 e. The molecule has 2 aliphatic rings. The second kappa shape index (κ2) is 10.3. The summed E-state index contributed by atoms with van der Waals surface area (Å²) >= 11 is 0. The molecule has 0 aromatic heterocycles. The van der Waals surface area contributed by atoms with Crippen molar-refractivity contribution in [2.75, 3.05) is 0 Å². The molecule has 0 radical (unpaired) electrons. The van der Waals surface area contributed by atoms with E-state index in [2.05, 4.69) is 0 Å². The quantitative estimate of drug-likeness (QED) is 0.107. The molecule has 0 heterocycles. The Bertz CT molecular complexity index is 2320. The van der Waals surface area contributed by atoms with Crippen molar-refractivity contribution in [2.24, 2.45) is 0 Å². The summed E-state index contributed by atoms with van der Waals surface area (Å²) in [5, 5.41) is 1.67. The molecule has 0 unspecified atom stereocenters. The first kappa shape index (κ1) is 29.5. The summed E-state index contributed by atoms with van der Waals surface area (Å²) in [7, 11) is -9.71. The molecule has 1 spiro atoms. The number of alkyl halides is 3. The van der Waals surface area contributed by atoms with Gasteiger partial charge >= 0.3 is 15.6 Å². The predicted octanol–water partition coefficient (Wildman–Crippen LogP) is 7.90. The molecular formula is C38H24F3O4PS. The van der Waals surface area contributed by atoms with Gasteiger partial charge in [0.2, 0.25) is 0 Å². The first-order valence-corrected chi connectivity index (χ1v) is 17.9. The van der Waals surface area contributed by atoms with Crippen molar-refractivity contribution >= 4 is 33.2 Å². The van der Waals surface area contributed by atoms with E-state index in [1.54, 1.807) is 6.07 Å². The Morgan fingerprint density at radius 1 is 0.532 bits per heavy atom. The molecular weight excluding hydrogens is 640 g/mol. The summed E-state index contributed by atoms with van der Waals surface area (Å²) < 4.78 is 87.8. The second-order valence-electron chi connectivity index (χ2n) is 11.5. The summed E-state index contributed by atoms with van der Waals surface area (Å²) in [6.07, 6.45) is 0. The van der Waals surface area contributed by atoms with Crippen molar-refractivity contribution in [3.63, 3.8) is 0 Å². The Balaban J connectivity index is 1.56. The maximum absolute atomic E-state index is 16.1. The highest BCUT2D eigenvalue weighted by molar-refractivity contribution is 7.88. The van der Waals surface area contributed by atoms with E-state index >= 15 is 4.57 Å². The number of halogens is 3. The third kappa shape index (κ3) is 4.01. The van der Waals surface area contributed by atoms with Crippen LogP contribution in [0.15, 0.2) is 146 Å². The van der Waals surface area contributed by atoms with Crippen molar-refractivity contribution in [2.45, 2.75) is 10.9 Å². The zero-order valence-electron chi connectivity index (χ0n) is 24.5. The van der Waals surface area contributed by atoms with E-state index < -0.39 is 33.9 Å². The number of fused-ring (bicyclic) bond motifs is 10. The van der Waals surface area contributed by atoms with Gasteiger partial charge in [0.1, 0.15) is 5.75 Å². The highest BCUT2D eigenvalue weighted by Gasteiger charge is 2.57. The van der Waals surface area contributed by atoms with Crippen molar-refractivity contribution in [1.82, 2.24) is 0 Å². The van der Waals surface area contributed by atoms with Gasteiger partial charge in [-0.25, -0.2) is 0 Å². The van der Waals surface area contributed by atoms with Gasteiger partial charge in [0, 0.05) is 21.5 Å². The van der Waals surface area contributed by atoms with Crippen LogP contribution < -0.4 is 20.1 Å².